The van der Waals surface area contributed by atoms with Crippen LogP contribution in [0.15, 0.2) is 28.5 Å². The number of hydrogen-bond acceptors (Lipinski definition) is 6. The summed E-state index contributed by atoms with van der Waals surface area (Å²) in [6.07, 6.45) is 2.41. The molecule has 164 valence electrons. The first-order valence-corrected chi connectivity index (χ1v) is 12.6. The summed E-state index contributed by atoms with van der Waals surface area (Å²) in [5.74, 6) is 0.423. The number of hydrogen-bond donors (Lipinski definition) is 2. The van der Waals surface area contributed by atoms with E-state index in [1.807, 2.05) is 5.38 Å². The van der Waals surface area contributed by atoms with Gasteiger partial charge in [-0.3, -0.25) is 15.0 Å². The lowest BCUT2D eigenvalue weighted by molar-refractivity contribution is 0.102. The maximum absolute atomic E-state index is 12.8. The molecule has 0 saturated carbocycles. The third-order valence-corrected chi connectivity index (χ3v) is 7.65. The largest absolute Gasteiger partial charge is 0.298 e. The van der Waals surface area contributed by atoms with E-state index < -0.39 is 10.0 Å². The minimum atomic E-state index is -3.67. The molecule has 0 radical (unpaired) electrons. The molecule has 0 bridgehead atoms. The van der Waals surface area contributed by atoms with Gasteiger partial charge in [0.05, 0.1) is 10.6 Å². The number of likely N-dealkylation sites (tertiary alicyclic amines) is 1. The molecule has 0 atom stereocenters. The molecule has 1 amide bonds. The zero-order valence-corrected chi connectivity index (χ0v) is 19.6. The van der Waals surface area contributed by atoms with Gasteiger partial charge in [0.25, 0.3) is 5.91 Å². The second kappa shape index (κ2) is 9.55. The van der Waals surface area contributed by atoms with Gasteiger partial charge in [0, 0.05) is 23.5 Å². The van der Waals surface area contributed by atoms with Crippen molar-refractivity contribution in [3.8, 4) is 0 Å². The van der Waals surface area contributed by atoms with Crippen molar-refractivity contribution in [3.05, 3.63) is 40.4 Å². The van der Waals surface area contributed by atoms with E-state index in [0.717, 1.165) is 31.2 Å². The van der Waals surface area contributed by atoms with Crippen LogP contribution < -0.4 is 10.0 Å². The SMILES string of the molecule is Cc1ccc(S(=O)(=O)NC(C)C)cc1C(=O)Nc1nc(CN2CCC(C)CC2)cs1. The first kappa shape index (κ1) is 22.9. The van der Waals surface area contributed by atoms with Gasteiger partial charge < -0.3 is 0 Å². The third kappa shape index (κ3) is 5.87. The Bertz CT molecular complexity index is 993. The fraction of sp³-hybridized carbons (Fsp3) is 0.524. The van der Waals surface area contributed by atoms with Crippen molar-refractivity contribution in [2.45, 2.75) is 58.0 Å². The lowest BCUT2D eigenvalue weighted by Gasteiger charge is -2.29. The number of anilines is 1. The van der Waals surface area contributed by atoms with Crippen LogP contribution in [0.3, 0.4) is 0 Å². The van der Waals surface area contributed by atoms with E-state index in [1.165, 1.54) is 36.3 Å². The molecule has 9 heteroatoms. The third-order valence-electron chi connectivity index (χ3n) is 5.19. The number of amides is 1. The second-order valence-electron chi connectivity index (χ2n) is 8.31. The van der Waals surface area contributed by atoms with Gasteiger partial charge >= 0.3 is 0 Å². The molecule has 1 saturated heterocycles. The zero-order valence-electron chi connectivity index (χ0n) is 17.9. The van der Waals surface area contributed by atoms with Gasteiger partial charge in [-0.25, -0.2) is 18.1 Å². The van der Waals surface area contributed by atoms with E-state index in [-0.39, 0.29) is 16.8 Å². The number of sulfonamides is 1. The molecule has 30 heavy (non-hydrogen) atoms. The minimum absolute atomic E-state index is 0.0751. The highest BCUT2D eigenvalue weighted by Gasteiger charge is 2.20. The number of carbonyl (C=O) groups is 1. The predicted octanol–water partition coefficient (Wildman–Crippen LogP) is 3.62. The molecule has 1 aliphatic heterocycles. The van der Waals surface area contributed by atoms with Crippen LogP contribution in [0.1, 0.15) is 55.2 Å². The summed E-state index contributed by atoms with van der Waals surface area (Å²) in [7, 11) is -3.67. The lowest BCUT2D eigenvalue weighted by Crippen LogP contribution is -2.32. The van der Waals surface area contributed by atoms with E-state index >= 15 is 0 Å². The monoisotopic (exact) mass is 450 g/mol. The van der Waals surface area contributed by atoms with Crippen molar-refractivity contribution in [2.24, 2.45) is 5.92 Å². The molecule has 0 aliphatic carbocycles. The quantitative estimate of drug-likeness (QED) is 0.672. The number of nitrogens with zero attached hydrogens (tertiary/aromatic N) is 2. The molecule has 1 aliphatic rings. The summed E-state index contributed by atoms with van der Waals surface area (Å²) in [4.78, 5) is 19.8. The lowest BCUT2D eigenvalue weighted by atomic mass is 9.99. The standard InChI is InChI=1S/C21H30N4O3S2/c1-14(2)24-30(27,28)18-6-5-16(4)19(11-18)20(26)23-21-22-17(13-29-21)12-25-9-7-15(3)8-10-25/h5-6,11,13-15,24H,7-10,12H2,1-4H3,(H,22,23,26). The zero-order chi connectivity index (χ0) is 21.9. The van der Waals surface area contributed by atoms with E-state index in [9.17, 15) is 13.2 Å². The van der Waals surface area contributed by atoms with Gasteiger partial charge in [0.1, 0.15) is 0 Å². The normalized spacial score (nSPS) is 16.2. The van der Waals surface area contributed by atoms with Crippen molar-refractivity contribution < 1.29 is 13.2 Å². The maximum Gasteiger partial charge on any atom is 0.257 e. The molecule has 1 aromatic heterocycles. The number of carbonyl (C=O) groups excluding carboxylic acids is 1. The molecule has 1 fully saturated rings. The van der Waals surface area contributed by atoms with Gasteiger partial charge in [-0.1, -0.05) is 13.0 Å². The van der Waals surface area contributed by atoms with Crippen molar-refractivity contribution in [2.75, 3.05) is 18.4 Å². The van der Waals surface area contributed by atoms with E-state index in [4.69, 9.17) is 0 Å². The minimum Gasteiger partial charge on any atom is -0.298 e. The fourth-order valence-corrected chi connectivity index (χ4v) is 5.42. The van der Waals surface area contributed by atoms with E-state index in [2.05, 4.69) is 26.8 Å². The van der Waals surface area contributed by atoms with Crippen LogP contribution in [-0.4, -0.2) is 43.3 Å². The highest BCUT2D eigenvalue weighted by Crippen LogP contribution is 2.22. The Morgan fingerprint density at radius 1 is 1.30 bits per heavy atom. The second-order valence-corrected chi connectivity index (χ2v) is 10.9. The van der Waals surface area contributed by atoms with Crippen LogP contribution in [-0.2, 0) is 16.6 Å². The predicted molar refractivity (Wildman–Crippen MR) is 120 cm³/mol. The number of piperidine rings is 1. The van der Waals surface area contributed by atoms with Gasteiger partial charge in [0.2, 0.25) is 10.0 Å². The van der Waals surface area contributed by atoms with Gasteiger partial charge in [-0.15, -0.1) is 11.3 Å². The van der Waals surface area contributed by atoms with Gasteiger partial charge in [0.15, 0.2) is 5.13 Å². The van der Waals surface area contributed by atoms with E-state index in [1.54, 1.807) is 26.8 Å². The molecular formula is C21H30N4O3S2. The Labute approximate surface area is 183 Å². The Kier molecular flexibility index (Phi) is 7.28. The Hall–Kier alpha value is -1.81. The van der Waals surface area contributed by atoms with Crippen LogP contribution in [0.5, 0.6) is 0 Å². The number of nitrogens with one attached hydrogen (secondary N) is 2. The number of thiazole rings is 1. The summed E-state index contributed by atoms with van der Waals surface area (Å²) >= 11 is 1.39. The van der Waals surface area contributed by atoms with Crippen LogP contribution in [0.2, 0.25) is 0 Å². The summed E-state index contributed by atoms with van der Waals surface area (Å²) < 4.78 is 27.4. The average Bonchev–Trinajstić information content (AvgIpc) is 3.09. The first-order chi connectivity index (χ1) is 14.1. The maximum atomic E-state index is 12.8. The Morgan fingerprint density at radius 2 is 2.00 bits per heavy atom. The highest BCUT2D eigenvalue weighted by atomic mass is 32.2. The summed E-state index contributed by atoms with van der Waals surface area (Å²) in [5, 5.41) is 5.31. The smallest absolute Gasteiger partial charge is 0.257 e. The molecular weight excluding hydrogens is 420 g/mol. The highest BCUT2D eigenvalue weighted by molar-refractivity contribution is 7.89. The molecule has 7 nitrogen and oxygen atoms in total. The van der Waals surface area contributed by atoms with E-state index in [0.29, 0.717) is 16.3 Å². The van der Waals surface area contributed by atoms with Gasteiger partial charge in [-0.2, -0.15) is 0 Å². The number of aryl methyl sites for hydroxylation is 1. The molecule has 1 aromatic carbocycles. The molecule has 0 spiro atoms. The van der Waals surface area contributed by atoms with Crippen molar-refractivity contribution in [1.82, 2.24) is 14.6 Å². The number of rotatable bonds is 7. The molecule has 2 N–H and O–H groups in total. The van der Waals surface area contributed by atoms with Crippen molar-refractivity contribution in [1.29, 1.82) is 0 Å². The average molecular weight is 451 g/mol. The fourth-order valence-electron chi connectivity index (χ4n) is 3.44. The molecule has 0 unspecified atom stereocenters. The molecule has 2 aromatic rings. The Balaban J connectivity index is 1.69. The summed E-state index contributed by atoms with van der Waals surface area (Å²) in [6, 6.07) is 4.34. The summed E-state index contributed by atoms with van der Waals surface area (Å²) in [5.41, 5.74) is 1.97. The molecule has 2 heterocycles. The van der Waals surface area contributed by atoms with Crippen LogP contribution in [0.25, 0.3) is 0 Å². The Morgan fingerprint density at radius 3 is 2.67 bits per heavy atom. The van der Waals surface area contributed by atoms with Crippen LogP contribution in [0.4, 0.5) is 5.13 Å². The van der Waals surface area contributed by atoms with Crippen molar-refractivity contribution in [3.63, 3.8) is 0 Å². The van der Waals surface area contributed by atoms with Crippen LogP contribution >= 0.6 is 11.3 Å². The van der Waals surface area contributed by atoms with Gasteiger partial charge in [-0.05, 0) is 70.3 Å². The van der Waals surface area contributed by atoms with Crippen LogP contribution in [0, 0.1) is 12.8 Å². The number of aromatic nitrogens is 1. The topological polar surface area (TPSA) is 91.4 Å². The first-order valence-electron chi connectivity index (χ1n) is 10.2. The summed E-state index contributed by atoms with van der Waals surface area (Å²) in [6.45, 7) is 10.5. The van der Waals surface area contributed by atoms with Crippen molar-refractivity contribution >= 4 is 32.4 Å². The molecule has 3 rings (SSSR count). The number of benzene rings is 1.